The third-order valence-electron chi connectivity index (χ3n) is 1.54. The monoisotopic (exact) mass is 295 g/mol. The summed E-state index contributed by atoms with van der Waals surface area (Å²) >= 11 is 2.91. The Balaban J connectivity index is 3.20. The van der Waals surface area contributed by atoms with Crippen LogP contribution in [0.5, 0.6) is 5.75 Å². The fourth-order valence-electron chi connectivity index (χ4n) is 0.948. The van der Waals surface area contributed by atoms with E-state index < -0.39 is 12.1 Å². The standard InChI is InChI=1S/C8H5BrF3N3O/c9-4-1-7(16-8(10,11)12)6(3-14)15-5(4)2-13/h1H,3,14H2. The highest BCUT2D eigenvalue weighted by Gasteiger charge is 2.32. The minimum Gasteiger partial charge on any atom is -0.404 e. The maximum Gasteiger partial charge on any atom is 0.573 e. The SMILES string of the molecule is N#Cc1nc(CN)c(OC(F)(F)F)cc1Br. The summed E-state index contributed by atoms with van der Waals surface area (Å²) in [6.45, 7) is -0.257. The number of rotatable bonds is 2. The third-order valence-corrected chi connectivity index (χ3v) is 2.14. The van der Waals surface area contributed by atoms with Gasteiger partial charge in [-0.1, -0.05) is 0 Å². The Morgan fingerprint density at radius 2 is 2.19 bits per heavy atom. The largest absolute Gasteiger partial charge is 0.573 e. The number of nitriles is 1. The molecule has 0 amide bonds. The zero-order valence-corrected chi connectivity index (χ0v) is 9.26. The average Bonchev–Trinajstić information content (AvgIpc) is 2.16. The highest BCUT2D eigenvalue weighted by molar-refractivity contribution is 9.10. The van der Waals surface area contributed by atoms with Crippen LogP contribution >= 0.6 is 15.9 Å². The van der Waals surface area contributed by atoms with Crippen LogP contribution in [-0.4, -0.2) is 11.3 Å². The summed E-state index contributed by atoms with van der Waals surface area (Å²) in [7, 11) is 0. The number of aromatic nitrogens is 1. The zero-order valence-electron chi connectivity index (χ0n) is 7.68. The lowest BCUT2D eigenvalue weighted by atomic mass is 10.3. The second-order valence-corrected chi connectivity index (χ2v) is 3.48. The highest BCUT2D eigenvalue weighted by atomic mass is 79.9. The minimum absolute atomic E-state index is 0.0463. The normalized spacial score (nSPS) is 11.0. The van der Waals surface area contributed by atoms with Crippen LogP contribution in [0.4, 0.5) is 13.2 Å². The maximum absolute atomic E-state index is 12.0. The number of halogens is 4. The molecule has 2 N–H and O–H groups in total. The summed E-state index contributed by atoms with van der Waals surface area (Å²) in [5.41, 5.74) is 5.03. The van der Waals surface area contributed by atoms with Crippen molar-refractivity contribution in [3.05, 3.63) is 21.9 Å². The van der Waals surface area contributed by atoms with Gasteiger partial charge in [0, 0.05) is 6.54 Å². The van der Waals surface area contributed by atoms with Crippen LogP contribution in [0, 0.1) is 11.3 Å². The summed E-state index contributed by atoms with van der Waals surface area (Å²) in [5.74, 6) is -0.513. The van der Waals surface area contributed by atoms with Gasteiger partial charge in [-0.15, -0.1) is 13.2 Å². The molecule has 16 heavy (non-hydrogen) atoms. The molecular weight excluding hydrogens is 291 g/mol. The van der Waals surface area contributed by atoms with Crippen LogP contribution in [0.3, 0.4) is 0 Å². The Hall–Kier alpha value is -1.33. The second kappa shape index (κ2) is 4.67. The Bertz CT molecular complexity index is 441. The molecule has 0 atom stereocenters. The molecule has 0 unspecified atom stereocenters. The van der Waals surface area contributed by atoms with Crippen LogP contribution in [0.15, 0.2) is 10.5 Å². The van der Waals surface area contributed by atoms with Crippen molar-refractivity contribution in [3.8, 4) is 11.8 Å². The Kier molecular flexibility index (Phi) is 3.72. The molecule has 0 bridgehead atoms. The number of hydrogen-bond donors (Lipinski definition) is 1. The van der Waals surface area contributed by atoms with Gasteiger partial charge in [-0.2, -0.15) is 5.26 Å². The van der Waals surface area contributed by atoms with Gasteiger partial charge in [0.25, 0.3) is 0 Å². The first-order chi connectivity index (χ1) is 7.37. The number of pyridine rings is 1. The van der Waals surface area contributed by atoms with Gasteiger partial charge < -0.3 is 10.5 Å². The van der Waals surface area contributed by atoms with Crippen LogP contribution < -0.4 is 10.5 Å². The van der Waals surface area contributed by atoms with Crippen molar-refractivity contribution < 1.29 is 17.9 Å². The summed E-state index contributed by atoms with van der Waals surface area (Å²) in [6, 6.07) is 2.72. The molecule has 0 aliphatic carbocycles. The molecule has 0 fully saturated rings. The first kappa shape index (κ1) is 12.7. The van der Waals surface area contributed by atoms with E-state index in [-0.39, 0.29) is 22.4 Å². The molecule has 1 aromatic rings. The van der Waals surface area contributed by atoms with Crippen molar-refractivity contribution in [2.75, 3.05) is 0 Å². The lowest BCUT2D eigenvalue weighted by molar-refractivity contribution is -0.275. The number of alkyl halides is 3. The van der Waals surface area contributed by atoms with Crippen molar-refractivity contribution in [1.82, 2.24) is 4.98 Å². The smallest absolute Gasteiger partial charge is 0.404 e. The maximum atomic E-state index is 12.0. The second-order valence-electron chi connectivity index (χ2n) is 2.63. The first-order valence-corrected chi connectivity index (χ1v) is 4.72. The van der Waals surface area contributed by atoms with Gasteiger partial charge >= 0.3 is 6.36 Å². The van der Waals surface area contributed by atoms with Crippen molar-refractivity contribution in [2.24, 2.45) is 5.73 Å². The molecule has 0 spiro atoms. The molecule has 86 valence electrons. The van der Waals surface area contributed by atoms with E-state index in [2.05, 4.69) is 25.7 Å². The predicted molar refractivity (Wildman–Crippen MR) is 51.2 cm³/mol. The molecule has 1 aromatic heterocycles. The molecule has 0 aromatic carbocycles. The highest BCUT2D eigenvalue weighted by Crippen LogP contribution is 2.29. The van der Waals surface area contributed by atoms with Crippen molar-refractivity contribution in [1.29, 1.82) is 5.26 Å². The quantitative estimate of drug-likeness (QED) is 0.907. The van der Waals surface area contributed by atoms with Gasteiger partial charge in [0.05, 0.1) is 10.2 Å². The van der Waals surface area contributed by atoms with E-state index >= 15 is 0 Å². The van der Waals surface area contributed by atoms with E-state index in [0.29, 0.717) is 0 Å². The topological polar surface area (TPSA) is 71.9 Å². The predicted octanol–water partition coefficient (Wildman–Crippen LogP) is 2.07. The van der Waals surface area contributed by atoms with E-state index in [1.165, 1.54) is 0 Å². The van der Waals surface area contributed by atoms with E-state index in [1.807, 2.05) is 0 Å². The van der Waals surface area contributed by atoms with E-state index in [9.17, 15) is 13.2 Å². The Morgan fingerprint density at radius 3 is 2.62 bits per heavy atom. The van der Waals surface area contributed by atoms with Gasteiger partial charge in [0.2, 0.25) is 0 Å². The molecule has 0 aliphatic heterocycles. The van der Waals surface area contributed by atoms with Gasteiger partial charge in [-0.05, 0) is 22.0 Å². The average molecular weight is 296 g/mol. The van der Waals surface area contributed by atoms with Crippen LogP contribution in [0.1, 0.15) is 11.4 Å². The fraction of sp³-hybridized carbons (Fsp3) is 0.250. The van der Waals surface area contributed by atoms with Crippen LogP contribution in [0.2, 0.25) is 0 Å². The molecule has 8 heteroatoms. The van der Waals surface area contributed by atoms with E-state index in [4.69, 9.17) is 11.0 Å². The number of nitrogens with two attached hydrogens (primary N) is 1. The van der Waals surface area contributed by atoms with Gasteiger partial charge in [0.15, 0.2) is 11.4 Å². The lowest BCUT2D eigenvalue weighted by Crippen LogP contribution is -2.19. The van der Waals surface area contributed by atoms with Gasteiger partial charge in [-0.25, -0.2) is 4.98 Å². The fourth-order valence-corrected chi connectivity index (χ4v) is 1.33. The summed E-state index contributed by atoms with van der Waals surface area (Å²) in [6.07, 6.45) is -4.82. The molecule has 4 nitrogen and oxygen atoms in total. The molecule has 1 heterocycles. The Labute approximate surface area is 97.0 Å². The van der Waals surface area contributed by atoms with E-state index in [0.717, 1.165) is 6.07 Å². The minimum atomic E-state index is -4.82. The molecular formula is C8H5BrF3N3O. The molecule has 0 saturated carbocycles. The molecule has 0 saturated heterocycles. The number of hydrogen-bond acceptors (Lipinski definition) is 4. The summed E-state index contributed by atoms with van der Waals surface area (Å²) < 4.78 is 39.8. The van der Waals surface area contributed by atoms with E-state index in [1.54, 1.807) is 6.07 Å². The number of nitrogens with zero attached hydrogens (tertiary/aromatic N) is 2. The molecule has 0 radical (unpaired) electrons. The molecule has 0 aliphatic rings. The third kappa shape index (κ3) is 3.08. The summed E-state index contributed by atoms with van der Waals surface area (Å²) in [4.78, 5) is 3.64. The van der Waals surface area contributed by atoms with Gasteiger partial charge in [-0.3, -0.25) is 0 Å². The van der Waals surface area contributed by atoms with Gasteiger partial charge in [0.1, 0.15) is 6.07 Å². The van der Waals surface area contributed by atoms with Crippen molar-refractivity contribution >= 4 is 15.9 Å². The van der Waals surface area contributed by atoms with Crippen LogP contribution in [-0.2, 0) is 6.54 Å². The first-order valence-electron chi connectivity index (χ1n) is 3.92. The Morgan fingerprint density at radius 1 is 1.56 bits per heavy atom. The lowest BCUT2D eigenvalue weighted by Gasteiger charge is -2.12. The summed E-state index contributed by atoms with van der Waals surface area (Å²) in [5, 5.41) is 8.62. The number of ether oxygens (including phenoxy) is 1. The molecule has 1 rings (SSSR count). The van der Waals surface area contributed by atoms with Crippen LogP contribution in [0.25, 0.3) is 0 Å². The van der Waals surface area contributed by atoms with Crippen molar-refractivity contribution in [2.45, 2.75) is 12.9 Å². The zero-order chi connectivity index (χ0) is 12.3. The van der Waals surface area contributed by atoms with Crippen molar-refractivity contribution in [3.63, 3.8) is 0 Å².